The first-order chi connectivity index (χ1) is 11.8. The summed E-state index contributed by atoms with van der Waals surface area (Å²) in [6, 6.07) is 10.2. The van der Waals surface area contributed by atoms with Gasteiger partial charge in [0.2, 0.25) is 0 Å². The molecule has 5 heteroatoms. The van der Waals surface area contributed by atoms with Crippen LogP contribution in [0.5, 0.6) is 11.5 Å². The van der Waals surface area contributed by atoms with Crippen molar-refractivity contribution in [1.29, 1.82) is 0 Å². The molecule has 0 bridgehead atoms. The maximum absolute atomic E-state index is 5.87. The second kappa shape index (κ2) is 10.3. The van der Waals surface area contributed by atoms with Crippen molar-refractivity contribution in [1.82, 2.24) is 10.2 Å². The number of hydrogen-bond acceptors (Lipinski definition) is 5. The molecule has 0 atom stereocenters. The summed E-state index contributed by atoms with van der Waals surface area (Å²) in [4.78, 5) is 3.62. The summed E-state index contributed by atoms with van der Waals surface area (Å²) in [6.45, 7) is 10.1. The lowest BCUT2D eigenvalue weighted by atomic mass is 10.2. The highest BCUT2D eigenvalue weighted by molar-refractivity contribution is 7.09. The molecule has 0 radical (unpaired) electrons. The molecule has 2 aromatic rings. The molecule has 0 unspecified atom stereocenters. The number of methoxy groups -OCH3 is 1. The maximum Gasteiger partial charge on any atom is 0.161 e. The van der Waals surface area contributed by atoms with Crippen LogP contribution in [0.3, 0.4) is 0 Å². The van der Waals surface area contributed by atoms with Crippen molar-refractivity contribution >= 4 is 11.3 Å². The third kappa shape index (κ3) is 5.82. The second-order valence-corrected chi connectivity index (χ2v) is 6.59. The molecule has 132 valence electrons. The molecule has 0 aliphatic heterocycles. The first kappa shape index (κ1) is 18.8. The smallest absolute Gasteiger partial charge is 0.161 e. The van der Waals surface area contributed by atoms with Crippen LogP contribution >= 0.6 is 11.3 Å². The average Bonchev–Trinajstić information content (AvgIpc) is 3.14. The Balaban J connectivity index is 1.84. The Morgan fingerprint density at radius 3 is 2.62 bits per heavy atom. The quantitative estimate of drug-likeness (QED) is 0.627. The van der Waals surface area contributed by atoms with Gasteiger partial charge in [-0.05, 0) is 42.2 Å². The molecular formula is C19H28N2O2S. The Morgan fingerprint density at radius 1 is 1.12 bits per heavy atom. The van der Waals surface area contributed by atoms with Gasteiger partial charge < -0.3 is 19.7 Å². The van der Waals surface area contributed by atoms with Gasteiger partial charge in [0.1, 0.15) is 6.61 Å². The molecule has 4 nitrogen and oxygen atoms in total. The van der Waals surface area contributed by atoms with E-state index in [1.165, 1.54) is 10.4 Å². The fourth-order valence-corrected chi connectivity index (χ4v) is 3.11. The molecule has 0 saturated carbocycles. The largest absolute Gasteiger partial charge is 0.493 e. The molecule has 1 heterocycles. The number of benzene rings is 1. The van der Waals surface area contributed by atoms with E-state index in [9.17, 15) is 0 Å². The van der Waals surface area contributed by atoms with Gasteiger partial charge in [-0.1, -0.05) is 26.0 Å². The van der Waals surface area contributed by atoms with Crippen molar-refractivity contribution in [2.24, 2.45) is 0 Å². The molecule has 0 fully saturated rings. The van der Waals surface area contributed by atoms with Crippen molar-refractivity contribution in [2.45, 2.75) is 27.0 Å². The first-order valence-corrected chi connectivity index (χ1v) is 9.40. The van der Waals surface area contributed by atoms with Crippen LogP contribution in [-0.2, 0) is 13.2 Å². The van der Waals surface area contributed by atoms with Crippen molar-refractivity contribution in [3.05, 3.63) is 46.2 Å². The molecule has 0 saturated heterocycles. The molecule has 1 aromatic heterocycles. The minimum Gasteiger partial charge on any atom is -0.493 e. The number of thiophene rings is 1. The Morgan fingerprint density at radius 2 is 1.96 bits per heavy atom. The summed E-state index contributed by atoms with van der Waals surface area (Å²) in [5.41, 5.74) is 1.20. The van der Waals surface area contributed by atoms with E-state index < -0.39 is 0 Å². The Labute approximate surface area is 149 Å². The number of nitrogens with zero attached hydrogens (tertiary/aromatic N) is 1. The third-order valence-electron chi connectivity index (χ3n) is 4.01. The second-order valence-electron chi connectivity index (χ2n) is 5.56. The van der Waals surface area contributed by atoms with E-state index in [-0.39, 0.29) is 0 Å². The lowest BCUT2D eigenvalue weighted by Gasteiger charge is -2.18. The first-order valence-electron chi connectivity index (χ1n) is 8.52. The Kier molecular flexibility index (Phi) is 8.08. The summed E-state index contributed by atoms with van der Waals surface area (Å²) in [7, 11) is 1.69. The molecule has 1 N–H and O–H groups in total. The lowest BCUT2D eigenvalue weighted by Crippen LogP contribution is -2.31. The van der Waals surface area contributed by atoms with Gasteiger partial charge in [0.05, 0.1) is 7.11 Å². The highest BCUT2D eigenvalue weighted by Gasteiger charge is 2.07. The van der Waals surface area contributed by atoms with E-state index in [4.69, 9.17) is 9.47 Å². The summed E-state index contributed by atoms with van der Waals surface area (Å²) >= 11 is 1.70. The zero-order chi connectivity index (χ0) is 17.2. The normalized spacial score (nSPS) is 11.0. The van der Waals surface area contributed by atoms with Crippen molar-refractivity contribution in [3.63, 3.8) is 0 Å². The molecule has 0 aliphatic rings. The molecule has 2 rings (SSSR count). The molecule has 1 aromatic carbocycles. The zero-order valence-corrected chi connectivity index (χ0v) is 15.7. The predicted molar refractivity (Wildman–Crippen MR) is 101 cm³/mol. The SMILES string of the molecule is CCN(CC)CCNCc1ccc(OCc2cccs2)c(OC)c1. The highest BCUT2D eigenvalue weighted by Crippen LogP contribution is 2.29. The number of likely N-dealkylation sites (N-methyl/N-ethyl adjacent to an activating group) is 1. The van der Waals surface area contributed by atoms with Gasteiger partial charge in [-0.2, -0.15) is 0 Å². The van der Waals surface area contributed by atoms with Gasteiger partial charge in [-0.3, -0.25) is 0 Å². The van der Waals surface area contributed by atoms with Crippen LogP contribution < -0.4 is 14.8 Å². The topological polar surface area (TPSA) is 33.7 Å². The van der Waals surface area contributed by atoms with Gasteiger partial charge >= 0.3 is 0 Å². The summed E-state index contributed by atoms with van der Waals surface area (Å²) in [6.07, 6.45) is 0. The van der Waals surface area contributed by atoms with E-state index in [1.54, 1.807) is 18.4 Å². The maximum atomic E-state index is 5.87. The van der Waals surface area contributed by atoms with Crippen LogP contribution in [0, 0.1) is 0 Å². The van der Waals surface area contributed by atoms with Gasteiger partial charge in [0, 0.05) is 24.5 Å². The zero-order valence-electron chi connectivity index (χ0n) is 14.9. The van der Waals surface area contributed by atoms with E-state index >= 15 is 0 Å². The van der Waals surface area contributed by atoms with Gasteiger partial charge in [0.15, 0.2) is 11.5 Å². The number of rotatable bonds is 11. The number of hydrogen-bond donors (Lipinski definition) is 1. The molecule has 0 aliphatic carbocycles. The average molecular weight is 349 g/mol. The van der Waals surface area contributed by atoms with Crippen molar-refractivity contribution in [3.8, 4) is 11.5 Å². The van der Waals surface area contributed by atoms with E-state index in [0.29, 0.717) is 6.61 Å². The van der Waals surface area contributed by atoms with Crippen LogP contribution in [0.15, 0.2) is 35.7 Å². The van der Waals surface area contributed by atoms with Gasteiger partial charge in [0.25, 0.3) is 0 Å². The molecule has 0 spiro atoms. The minimum atomic E-state index is 0.579. The molecular weight excluding hydrogens is 320 g/mol. The van der Waals surface area contributed by atoms with Crippen LogP contribution in [0.1, 0.15) is 24.3 Å². The molecule has 24 heavy (non-hydrogen) atoms. The van der Waals surface area contributed by atoms with Crippen LogP contribution in [0.2, 0.25) is 0 Å². The standard InChI is InChI=1S/C19H28N2O2S/c1-4-21(5-2)11-10-20-14-16-8-9-18(19(13-16)22-3)23-15-17-7-6-12-24-17/h6-9,12-13,20H,4-5,10-11,14-15H2,1-3H3. The van der Waals surface area contributed by atoms with E-state index in [0.717, 1.165) is 44.2 Å². The fourth-order valence-electron chi connectivity index (χ4n) is 2.49. The third-order valence-corrected chi connectivity index (χ3v) is 4.86. The number of ether oxygens (including phenoxy) is 2. The Hall–Kier alpha value is -1.56. The number of nitrogens with one attached hydrogen (secondary N) is 1. The van der Waals surface area contributed by atoms with Crippen molar-refractivity contribution < 1.29 is 9.47 Å². The van der Waals surface area contributed by atoms with Gasteiger partial charge in [-0.25, -0.2) is 0 Å². The van der Waals surface area contributed by atoms with Gasteiger partial charge in [-0.15, -0.1) is 11.3 Å². The van der Waals surface area contributed by atoms with Crippen molar-refractivity contribution in [2.75, 3.05) is 33.3 Å². The monoisotopic (exact) mass is 348 g/mol. The molecule has 0 amide bonds. The summed E-state index contributed by atoms with van der Waals surface area (Å²) in [5, 5.41) is 5.55. The minimum absolute atomic E-state index is 0.579. The van der Waals surface area contributed by atoms with E-state index in [1.807, 2.05) is 18.2 Å². The lowest BCUT2D eigenvalue weighted by molar-refractivity contribution is 0.287. The van der Waals surface area contributed by atoms with Crippen LogP contribution in [0.4, 0.5) is 0 Å². The van der Waals surface area contributed by atoms with Crippen LogP contribution in [-0.4, -0.2) is 38.2 Å². The predicted octanol–water partition coefficient (Wildman–Crippen LogP) is 3.77. The highest BCUT2D eigenvalue weighted by atomic mass is 32.1. The van der Waals surface area contributed by atoms with E-state index in [2.05, 4.69) is 41.6 Å². The van der Waals surface area contributed by atoms with Crippen LogP contribution in [0.25, 0.3) is 0 Å². The summed E-state index contributed by atoms with van der Waals surface area (Å²) < 4.78 is 11.3. The fraction of sp³-hybridized carbons (Fsp3) is 0.474. The Bertz CT molecular complexity index is 583. The summed E-state index contributed by atoms with van der Waals surface area (Å²) in [5.74, 6) is 1.58.